The van der Waals surface area contributed by atoms with E-state index in [1.165, 1.54) is 7.11 Å². The molecule has 1 aromatic heterocycles. The molecule has 0 amide bonds. The maximum absolute atomic E-state index is 13.9. The number of methoxy groups -OCH3 is 2. The van der Waals surface area contributed by atoms with E-state index in [4.69, 9.17) is 14.2 Å². The van der Waals surface area contributed by atoms with E-state index in [1.807, 2.05) is 12.1 Å². The minimum Gasteiger partial charge on any atom is -0.496 e. The Labute approximate surface area is 185 Å². The Balaban J connectivity index is 1.66. The number of hydrogen-bond acceptors (Lipinski definition) is 7. The minimum absolute atomic E-state index is 0.155. The lowest BCUT2D eigenvalue weighted by molar-refractivity contribution is -0.0139. The lowest BCUT2D eigenvalue weighted by atomic mass is 9.71. The molecule has 7 nitrogen and oxygen atoms in total. The number of nitrogens with one attached hydrogen (secondary N) is 1. The van der Waals surface area contributed by atoms with Crippen LogP contribution in [0.4, 0.5) is 0 Å². The van der Waals surface area contributed by atoms with Crippen LogP contribution in [0.15, 0.2) is 42.5 Å². The van der Waals surface area contributed by atoms with Crippen molar-refractivity contribution in [3.63, 3.8) is 0 Å². The van der Waals surface area contributed by atoms with E-state index >= 15 is 0 Å². The van der Waals surface area contributed by atoms with Gasteiger partial charge in [0.25, 0.3) is 0 Å². The van der Waals surface area contributed by atoms with Gasteiger partial charge in [-0.3, -0.25) is 9.59 Å². The molecule has 0 unspecified atom stereocenters. The van der Waals surface area contributed by atoms with Crippen molar-refractivity contribution in [2.75, 3.05) is 27.3 Å². The SMILES string of the molecule is COc1cc(C(=O)[C@H]2C(=O)c3c[c]ccc3OC23CCNCC3)nc2c(OC)cccc12. The van der Waals surface area contributed by atoms with Crippen molar-refractivity contribution in [2.24, 2.45) is 5.92 Å². The third kappa shape index (κ3) is 3.12. The first-order valence-corrected chi connectivity index (χ1v) is 10.6. The van der Waals surface area contributed by atoms with Crippen molar-refractivity contribution in [3.8, 4) is 17.2 Å². The number of Topliss-reactive ketones (excluding diaryl/α,β-unsaturated/α-hetero) is 2. The summed E-state index contributed by atoms with van der Waals surface area (Å²) >= 11 is 0. The van der Waals surface area contributed by atoms with Gasteiger partial charge < -0.3 is 19.5 Å². The quantitative estimate of drug-likeness (QED) is 0.501. The van der Waals surface area contributed by atoms with E-state index < -0.39 is 11.5 Å². The Bertz CT molecular complexity index is 1220. The van der Waals surface area contributed by atoms with Crippen LogP contribution >= 0.6 is 0 Å². The van der Waals surface area contributed by atoms with Gasteiger partial charge >= 0.3 is 0 Å². The lowest BCUT2D eigenvalue weighted by Crippen LogP contribution is -2.58. The number of ether oxygens (including phenoxy) is 3. The molecule has 163 valence electrons. The van der Waals surface area contributed by atoms with Gasteiger partial charge in [-0.1, -0.05) is 12.1 Å². The molecule has 2 aromatic carbocycles. The van der Waals surface area contributed by atoms with Crippen LogP contribution in [0, 0.1) is 12.0 Å². The lowest BCUT2D eigenvalue weighted by Gasteiger charge is -2.45. The molecule has 3 aromatic rings. The van der Waals surface area contributed by atoms with Crippen molar-refractivity contribution < 1.29 is 23.8 Å². The van der Waals surface area contributed by atoms with Crippen LogP contribution in [-0.4, -0.2) is 49.5 Å². The molecule has 32 heavy (non-hydrogen) atoms. The molecule has 0 saturated carbocycles. The second kappa shape index (κ2) is 7.91. The van der Waals surface area contributed by atoms with Gasteiger partial charge in [-0.2, -0.15) is 0 Å². The highest BCUT2D eigenvalue weighted by Crippen LogP contribution is 2.43. The number of aromatic nitrogens is 1. The van der Waals surface area contributed by atoms with E-state index in [1.54, 1.807) is 37.4 Å². The summed E-state index contributed by atoms with van der Waals surface area (Å²) < 4.78 is 17.4. The van der Waals surface area contributed by atoms with Crippen LogP contribution in [0.2, 0.25) is 0 Å². The maximum atomic E-state index is 13.9. The van der Waals surface area contributed by atoms with Gasteiger partial charge in [0.05, 0.1) is 19.8 Å². The normalized spacial score (nSPS) is 19.3. The average Bonchev–Trinajstić information content (AvgIpc) is 2.83. The van der Waals surface area contributed by atoms with E-state index in [-0.39, 0.29) is 17.3 Å². The second-order valence-electron chi connectivity index (χ2n) is 8.07. The molecule has 3 heterocycles. The van der Waals surface area contributed by atoms with Gasteiger partial charge in [-0.05, 0) is 43.4 Å². The zero-order chi connectivity index (χ0) is 22.3. The van der Waals surface area contributed by atoms with Crippen molar-refractivity contribution in [1.82, 2.24) is 10.3 Å². The van der Waals surface area contributed by atoms with Crippen LogP contribution in [0.5, 0.6) is 17.2 Å². The summed E-state index contributed by atoms with van der Waals surface area (Å²) in [6.07, 6.45) is 1.09. The molecule has 2 aliphatic rings. The highest BCUT2D eigenvalue weighted by molar-refractivity contribution is 6.18. The number of carbonyl (C=O) groups excluding carboxylic acids is 2. The Morgan fingerprint density at radius 1 is 1.19 bits per heavy atom. The van der Waals surface area contributed by atoms with Crippen LogP contribution < -0.4 is 19.5 Å². The molecule has 1 saturated heterocycles. The predicted molar refractivity (Wildman–Crippen MR) is 118 cm³/mol. The number of fused-ring (bicyclic) bond motifs is 2. The van der Waals surface area contributed by atoms with Crippen LogP contribution in [0.3, 0.4) is 0 Å². The van der Waals surface area contributed by atoms with Gasteiger partial charge in [-0.15, -0.1) is 0 Å². The highest BCUT2D eigenvalue weighted by atomic mass is 16.5. The molecule has 2 aliphatic heterocycles. The highest BCUT2D eigenvalue weighted by Gasteiger charge is 2.54. The van der Waals surface area contributed by atoms with Crippen LogP contribution in [0.25, 0.3) is 10.9 Å². The van der Waals surface area contributed by atoms with Crippen molar-refractivity contribution >= 4 is 22.5 Å². The van der Waals surface area contributed by atoms with Gasteiger partial charge in [0.15, 0.2) is 11.6 Å². The molecule has 1 spiro atoms. The largest absolute Gasteiger partial charge is 0.496 e. The number of benzene rings is 2. The Morgan fingerprint density at radius 3 is 2.72 bits per heavy atom. The number of ketones is 2. The molecule has 0 aliphatic carbocycles. The summed E-state index contributed by atoms with van der Waals surface area (Å²) in [4.78, 5) is 32.1. The third-order valence-electron chi connectivity index (χ3n) is 6.36. The third-order valence-corrected chi connectivity index (χ3v) is 6.36. The van der Waals surface area contributed by atoms with Gasteiger partial charge in [0.1, 0.15) is 40.0 Å². The molecule has 1 N–H and O–H groups in total. The topological polar surface area (TPSA) is 86.8 Å². The molecular formula is C25H23N2O5. The first-order valence-electron chi connectivity index (χ1n) is 10.6. The first-order chi connectivity index (χ1) is 15.6. The standard InChI is InChI=1S/C25H23N2O5/c1-30-19-9-5-7-15-20(31-2)14-17(27-22(15)19)24(29)21-23(28)16-6-3-4-8-18(16)32-25(21)10-12-26-13-11-25/h4-9,14,21,26H,10-13H2,1-2H3/t21-/m1/s1. The molecule has 1 fully saturated rings. The summed E-state index contributed by atoms with van der Waals surface area (Å²) in [5, 5.41) is 4.02. The molecule has 7 heteroatoms. The molecule has 0 bridgehead atoms. The minimum atomic E-state index is -1.00. The summed E-state index contributed by atoms with van der Waals surface area (Å²) in [7, 11) is 3.09. The van der Waals surface area contributed by atoms with Gasteiger partial charge in [0.2, 0.25) is 0 Å². The van der Waals surface area contributed by atoms with E-state index in [2.05, 4.69) is 16.4 Å². The number of piperidine rings is 1. The van der Waals surface area contributed by atoms with Crippen molar-refractivity contribution in [2.45, 2.75) is 18.4 Å². The smallest absolute Gasteiger partial charge is 0.196 e. The summed E-state index contributed by atoms with van der Waals surface area (Å²) in [5.74, 6) is -0.108. The van der Waals surface area contributed by atoms with E-state index in [9.17, 15) is 9.59 Å². The van der Waals surface area contributed by atoms with Crippen molar-refractivity contribution in [3.05, 3.63) is 59.8 Å². The molecule has 1 radical (unpaired) electrons. The fourth-order valence-corrected chi connectivity index (χ4v) is 4.77. The fraction of sp³-hybridized carbons (Fsp3) is 0.320. The Morgan fingerprint density at radius 2 is 1.97 bits per heavy atom. The predicted octanol–water partition coefficient (Wildman–Crippen LogP) is 3.25. The molecule has 1 atom stereocenters. The van der Waals surface area contributed by atoms with Gasteiger partial charge in [0, 0.05) is 24.3 Å². The number of hydrogen-bond donors (Lipinski definition) is 1. The van der Waals surface area contributed by atoms with E-state index in [0.717, 1.165) is 5.39 Å². The van der Waals surface area contributed by atoms with E-state index in [0.29, 0.717) is 54.3 Å². The monoisotopic (exact) mass is 431 g/mol. The molecule has 5 rings (SSSR count). The van der Waals surface area contributed by atoms with Crippen LogP contribution in [-0.2, 0) is 0 Å². The van der Waals surface area contributed by atoms with Crippen LogP contribution in [0.1, 0.15) is 33.7 Å². The summed E-state index contributed by atoms with van der Waals surface area (Å²) in [5.41, 5.74) is 0.121. The zero-order valence-electron chi connectivity index (χ0n) is 17.9. The Kier molecular flexibility index (Phi) is 5.06. The zero-order valence-corrected chi connectivity index (χ0v) is 17.9. The Hall–Kier alpha value is -3.45. The number of carbonyl (C=O) groups is 2. The number of pyridine rings is 1. The first kappa shape index (κ1) is 20.5. The van der Waals surface area contributed by atoms with Crippen molar-refractivity contribution in [1.29, 1.82) is 0 Å². The number of rotatable bonds is 4. The second-order valence-corrected chi connectivity index (χ2v) is 8.07. The maximum Gasteiger partial charge on any atom is 0.196 e. The summed E-state index contributed by atoms with van der Waals surface area (Å²) in [6, 6.07) is 15.0. The van der Waals surface area contributed by atoms with Gasteiger partial charge in [-0.25, -0.2) is 4.98 Å². The molecular weight excluding hydrogens is 408 g/mol. The number of para-hydroxylation sites is 1. The average molecular weight is 431 g/mol. The number of nitrogens with zero attached hydrogens (tertiary/aromatic N) is 1. The summed E-state index contributed by atoms with van der Waals surface area (Å²) in [6.45, 7) is 1.32. The fourth-order valence-electron chi connectivity index (χ4n) is 4.77.